The summed E-state index contributed by atoms with van der Waals surface area (Å²) in [6.07, 6.45) is 2.52. The van der Waals surface area contributed by atoms with Crippen molar-refractivity contribution in [2.24, 2.45) is 5.92 Å². The maximum absolute atomic E-state index is 4.58. The van der Waals surface area contributed by atoms with Gasteiger partial charge in [-0.05, 0) is 38.8 Å². The fourth-order valence-electron chi connectivity index (χ4n) is 2.28. The van der Waals surface area contributed by atoms with Crippen LogP contribution in [0.25, 0.3) is 0 Å². The van der Waals surface area contributed by atoms with E-state index in [1.54, 1.807) is 0 Å². The predicted octanol–water partition coefficient (Wildman–Crippen LogP) is 2.32. The molecule has 1 aliphatic rings. The molecule has 0 saturated carbocycles. The van der Waals surface area contributed by atoms with Gasteiger partial charge in [-0.25, -0.2) is 9.97 Å². The third kappa shape index (κ3) is 3.67. The number of hydrogen-bond donors (Lipinski definition) is 2. The van der Waals surface area contributed by atoms with Gasteiger partial charge in [0.05, 0.1) is 0 Å². The van der Waals surface area contributed by atoms with E-state index in [0.29, 0.717) is 5.92 Å². The third-order valence-corrected chi connectivity index (χ3v) is 3.42. The maximum Gasteiger partial charge on any atom is 0.133 e. The number of anilines is 1. The largest absolute Gasteiger partial charge is 0.370 e. The molecule has 18 heavy (non-hydrogen) atoms. The molecule has 100 valence electrons. The molecule has 0 radical (unpaired) electrons. The molecule has 4 nitrogen and oxygen atoms in total. The van der Waals surface area contributed by atoms with E-state index in [1.807, 2.05) is 13.0 Å². The van der Waals surface area contributed by atoms with E-state index in [-0.39, 0.29) is 0 Å². The van der Waals surface area contributed by atoms with Gasteiger partial charge in [0.2, 0.25) is 0 Å². The minimum Gasteiger partial charge on any atom is -0.370 e. The smallest absolute Gasteiger partial charge is 0.133 e. The van der Waals surface area contributed by atoms with Crippen molar-refractivity contribution < 1.29 is 0 Å². The van der Waals surface area contributed by atoms with Gasteiger partial charge in [0.1, 0.15) is 11.6 Å². The van der Waals surface area contributed by atoms with Crippen molar-refractivity contribution in [3.8, 4) is 0 Å². The van der Waals surface area contributed by atoms with Crippen molar-refractivity contribution in [3.05, 3.63) is 17.6 Å². The molecule has 0 aromatic carbocycles. The molecule has 0 spiro atoms. The molecule has 1 fully saturated rings. The number of aryl methyl sites for hydroxylation is 1. The lowest BCUT2D eigenvalue weighted by molar-refractivity contribution is 0.389. The lowest BCUT2D eigenvalue weighted by atomic mass is 9.98. The first-order valence-corrected chi connectivity index (χ1v) is 6.95. The first-order valence-electron chi connectivity index (χ1n) is 6.95. The molecule has 1 aliphatic heterocycles. The summed E-state index contributed by atoms with van der Waals surface area (Å²) in [5.74, 6) is 3.06. The van der Waals surface area contributed by atoms with Gasteiger partial charge >= 0.3 is 0 Å². The number of hydrogen-bond acceptors (Lipinski definition) is 4. The van der Waals surface area contributed by atoms with Crippen molar-refractivity contribution in [1.29, 1.82) is 0 Å². The van der Waals surface area contributed by atoms with Gasteiger partial charge < -0.3 is 10.6 Å². The molecule has 0 amide bonds. The third-order valence-electron chi connectivity index (χ3n) is 3.42. The number of rotatable bonds is 4. The predicted molar refractivity (Wildman–Crippen MR) is 74.9 cm³/mol. The highest BCUT2D eigenvalue weighted by molar-refractivity contribution is 5.36. The Morgan fingerprint density at radius 3 is 2.72 bits per heavy atom. The Balaban J connectivity index is 1.95. The molecule has 0 bridgehead atoms. The molecule has 2 N–H and O–H groups in total. The van der Waals surface area contributed by atoms with E-state index >= 15 is 0 Å². The Morgan fingerprint density at radius 2 is 2.06 bits per heavy atom. The van der Waals surface area contributed by atoms with E-state index in [2.05, 4.69) is 34.4 Å². The van der Waals surface area contributed by atoms with Crippen LogP contribution in [0.5, 0.6) is 0 Å². The number of piperidine rings is 1. The Kier molecular flexibility index (Phi) is 4.53. The van der Waals surface area contributed by atoms with Crippen molar-refractivity contribution in [3.63, 3.8) is 0 Å². The lowest BCUT2D eigenvalue weighted by Gasteiger charge is -2.23. The molecule has 2 rings (SSSR count). The van der Waals surface area contributed by atoms with Crippen LogP contribution < -0.4 is 10.6 Å². The average Bonchev–Trinajstić information content (AvgIpc) is 2.37. The number of aromatic nitrogens is 2. The van der Waals surface area contributed by atoms with Crippen LogP contribution in [0.3, 0.4) is 0 Å². The molecular weight excluding hydrogens is 224 g/mol. The lowest BCUT2D eigenvalue weighted by Crippen LogP contribution is -2.31. The second-order valence-corrected chi connectivity index (χ2v) is 5.48. The second kappa shape index (κ2) is 6.14. The highest BCUT2D eigenvalue weighted by atomic mass is 15.0. The van der Waals surface area contributed by atoms with Crippen LogP contribution >= 0.6 is 0 Å². The summed E-state index contributed by atoms with van der Waals surface area (Å²) in [5, 5.41) is 6.86. The van der Waals surface area contributed by atoms with Gasteiger partial charge in [-0.2, -0.15) is 0 Å². The average molecular weight is 248 g/mol. The van der Waals surface area contributed by atoms with Gasteiger partial charge in [-0.1, -0.05) is 13.8 Å². The molecule has 2 heterocycles. The zero-order chi connectivity index (χ0) is 13.0. The fourth-order valence-corrected chi connectivity index (χ4v) is 2.28. The van der Waals surface area contributed by atoms with Crippen LogP contribution in [-0.4, -0.2) is 29.6 Å². The zero-order valence-corrected chi connectivity index (χ0v) is 11.7. The Bertz CT molecular complexity index is 383. The summed E-state index contributed by atoms with van der Waals surface area (Å²) >= 11 is 0. The van der Waals surface area contributed by atoms with Crippen LogP contribution in [0.15, 0.2) is 6.07 Å². The Labute approximate surface area is 110 Å². The highest BCUT2D eigenvalue weighted by Crippen LogP contribution is 2.16. The van der Waals surface area contributed by atoms with Gasteiger partial charge in [-0.3, -0.25) is 0 Å². The molecule has 0 atom stereocenters. The SMILES string of the molecule is Cc1cc(NCC2CCNCC2)nc(C(C)C)n1. The van der Waals surface area contributed by atoms with Gasteiger partial charge in [0, 0.05) is 24.2 Å². The summed E-state index contributed by atoms with van der Waals surface area (Å²) in [6, 6.07) is 2.03. The summed E-state index contributed by atoms with van der Waals surface area (Å²) in [4.78, 5) is 9.05. The number of nitrogens with zero attached hydrogens (tertiary/aromatic N) is 2. The molecule has 0 unspecified atom stereocenters. The molecule has 0 aliphatic carbocycles. The van der Waals surface area contributed by atoms with Crippen LogP contribution in [0, 0.1) is 12.8 Å². The van der Waals surface area contributed by atoms with E-state index in [4.69, 9.17) is 0 Å². The normalized spacial score (nSPS) is 17.1. The van der Waals surface area contributed by atoms with Gasteiger partial charge in [0.15, 0.2) is 0 Å². The monoisotopic (exact) mass is 248 g/mol. The molecule has 4 heteroatoms. The minimum absolute atomic E-state index is 0.379. The first-order chi connectivity index (χ1) is 8.65. The first kappa shape index (κ1) is 13.3. The Morgan fingerprint density at radius 1 is 1.33 bits per heavy atom. The van der Waals surface area contributed by atoms with Gasteiger partial charge in [-0.15, -0.1) is 0 Å². The summed E-state index contributed by atoms with van der Waals surface area (Å²) < 4.78 is 0. The van der Waals surface area contributed by atoms with E-state index in [0.717, 1.165) is 42.9 Å². The molecular formula is C14H24N4. The molecule has 1 aromatic rings. The summed E-state index contributed by atoms with van der Waals surface area (Å²) in [6.45, 7) is 9.61. The van der Waals surface area contributed by atoms with Crippen LogP contribution in [-0.2, 0) is 0 Å². The number of nitrogens with one attached hydrogen (secondary N) is 2. The Hall–Kier alpha value is -1.16. The highest BCUT2D eigenvalue weighted by Gasteiger charge is 2.13. The van der Waals surface area contributed by atoms with Crippen LogP contribution in [0.4, 0.5) is 5.82 Å². The second-order valence-electron chi connectivity index (χ2n) is 5.48. The van der Waals surface area contributed by atoms with E-state index in [9.17, 15) is 0 Å². The standard InChI is InChI=1S/C14H24N4/c1-10(2)14-17-11(3)8-13(18-14)16-9-12-4-6-15-7-5-12/h8,10,12,15H,4-7,9H2,1-3H3,(H,16,17,18). The van der Waals surface area contributed by atoms with Crippen LogP contribution in [0.1, 0.15) is 44.1 Å². The zero-order valence-electron chi connectivity index (χ0n) is 11.7. The van der Waals surface area contributed by atoms with E-state index < -0.39 is 0 Å². The van der Waals surface area contributed by atoms with Crippen molar-refractivity contribution in [2.75, 3.05) is 25.0 Å². The fraction of sp³-hybridized carbons (Fsp3) is 0.714. The summed E-state index contributed by atoms with van der Waals surface area (Å²) in [5.41, 5.74) is 1.04. The maximum atomic E-state index is 4.58. The topological polar surface area (TPSA) is 49.8 Å². The van der Waals surface area contributed by atoms with Gasteiger partial charge in [0.25, 0.3) is 0 Å². The van der Waals surface area contributed by atoms with Crippen molar-refractivity contribution in [2.45, 2.75) is 39.5 Å². The van der Waals surface area contributed by atoms with Crippen molar-refractivity contribution in [1.82, 2.24) is 15.3 Å². The molecule has 1 saturated heterocycles. The minimum atomic E-state index is 0.379. The molecule has 1 aromatic heterocycles. The van der Waals surface area contributed by atoms with Crippen molar-refractivity contribution >= 4 is 5.82 Å². The van der Waals surface area contributed by atoms with E-state index in [1.165, 1.54) is 12.8 Å². The summed E-state index contributed by atoms with van der Waals surface area (Å²) in [7, 11) is 0. The quantitative estimate of drug-likeness (QED) is 0.858. The van der Waals surface area contributed by atoms with Crippen LogP contribution in [0.2, 0.25) is 0 Å².